The second kappa shape index (κ2) is 4.80. The van der Waals surface area contributed by atoms with Crippen LogP contribution in [0, 0.1) is 0 Å². The van der Waals surface area contributed by atoms with Gasteiger partial charge in [-0.25, -0.2) is 0 Å². The van der Waals surface area contributed by atoms with Gasteiger partial charge in [0.1, 0.15) is 0 Å². The molecule has 1 heterocycles. The van der Waals surface area contributed by atoms with Crippen molar-refractivity contribution in [2.75, 3.05) is 0 Å². The third-order valence-corrected chi connectivity index (χ3v) is 3.66. The van der Waals surface area contributed by atoms with Crippen LogP contribution in [0.2, 0.25) is 0 Å². The van der Waals surface area contributed by atoms with Crippen molar-refractivity contribution < 1.29 is 5.11 Å². The third-order valence-electron chi connectivity index (χ3n) is 2.54. The van der Waals surface area contributed by atoms with Gasteiger partial charge in [-0.2, -0.15) is 0 Å². The van der Waals surface area contributed by atoms with Crippen LogP contribution in [0.15, 0.2) is 29.1 Å². The van der Waals surface area contributed by atoms with E-state index in [1.54, 1.807) is 10.9 Å². The van der Waals surface area contributed by atoms with Crippen LogP contribution < -0.4 is 5.56 Å². The van der Waals surface area contributed by atoms with E-state index in [4.69, 9.17) is 5.11 Å². The number of hydrogen-bond acceptors (Lipinski definition) is 3. The van der Waals surface area contributed by atoms with Crippen LogP contribution in [0.25, 0.3) is 10.1 Å². The Kier molecular flexibility index (Phi) is 3.41. The summed E-state index contributed by atoms with van der Waals surface area (Å²) >= 11 is 1.50. The lowest BCUT2D eigenvalue weighted by Crippen LogP contribution is -2.14. The molecular weight excluding hydrogens is 222 g/mol. The molecule has 0 radical (unpaired) electrons. The molecule has 0 saturated heterocycles. The van der Waals surface area contributed by atoms with Crippen molar-refractivity contribution in [3.05, 3.63) is 34.6 Å². The smallest absolute Gasteiger partial charge is 0.268 e. The van der Waals surface area contributed by atoms with E-state index >= 15 is 0 Å². The second-order valence-corrected chi connectivity index (χ2v) is 5.05. The molecule has 1 aromatic heterocycles. The molecule has 0 aliphatic carbocycles. The van der Waals surface area contributed by atoms with Gasteiger partial charge in [0.2, 0.25) is 0 Å². The highest BCUT2D eigenvalue weighted by Crippen LogP contribution is 2.16. The van der Waals surface area contributed by atoms with Crippen molar-refractivity contribution in [3.8, 4) is 0 Å². The Morgan fingerprint density at radius 1 is 1.44 bits per heavy atom. The van der Waals surface area contributed by atoms with E-state index in [2.05, 4.69) is 0 Å². The fourth-order valence-corrected chi connectivity index (χ4v) is 2.73. The van der Waals surface area contributed by atoms with Crippen LogP contribution in [0.1, 0.15) is 19.8 Å². The maximum Gasteiger partial charge on any atom is 0.268 e. The van der Waals surface area contributed by atoms with Crippen LogP contribution >= 0.6 is 11.5 Å². The average molecular weight is 237 g/mol. The lowest BCUT2D eigenvalue weighted by molar-refractivity contribution is 0.180. The number of nitrogens with zero attached hydrogens (tertiary/aromatic N) is 1. The number of aliphatic hydroxyl groups excluding tert-OH is 1. The first kappa shape index (κ1) is 11.4. The highest BCUT2D eigenvalue weighted by Gasteiger charge is 2.06. The summed E-state index contributed by atoms with van der Waals surface area (Å²) in [6.45, 7) is 2.47. The van der Waals surface area contributed by atoms with E-state index < -0.39 is 0 Å². The maximum atomic E-state index is 11.9. The summed E-state index contributed by atoms with van der Waals surface area (Å²) in [6.07, 6.45) is 1.29. The molecule has 0 saturated carbocycles. The van der Waals surface area contributed by atoms with Gasteiger partial charge in [-0.3, -0.25) is 8.75 Å². The van der Waals surface area contributed by atoms with Gasteiger partial charge in [-0.05, 0) is 31.9 Å². The summed E-state index contributed by atoms with van der Waals surface area (Å²) in [5.74, 6) is 0. The Balaban J connectivity index is 2.19. The lowest BCUT2D eigenvalue weighted by atomic mass is 10.2. The molecule has 0 aliphatic heterocycles. The van der Waals surface area contributed by atoms with Crippen molar-refractivity contribution in [2.24, 2.45) is 0 Å². The minimum Gasteiger partial charge on any atom is -0.393 e. The molecule has 1 aromatic carbocycles. The van der Waals surface area contributed by atoms with E-state index in [-0.39, 0.29) is 11.7 Å². The zero-order valence-corrected chi connectivity index (χ0v) is 10.0. The molecule has 0 bridgehead atoms. The molecule has 4 heteroatoms. The summed E-state index contributed by atoms with van der Waals surface area (Å²) in [6, 6.07) is 7.65. The SMILES string of the molecule is CC(O)CCCn1sc2ccccc2c1=O. The molecule has 0 fully saturated rings. The number of hydrogen-bond donors (Lipinski definition) is 1. The number of fused-ring (bicyclic) bond motifs is 1. The van der Waals surface area contributed by atoms with E-state index in [1.807, 2.05) is 24.3 Å². The highest BCUT2D eigenvalue weighted by atomic mass is 32.1. The summed E-state index contributed by atoms with van der Waals surface area (Å²) in [5, 5.41) is 9.95. The molecule has 1 unspecified atom stereocenters. The van der Waals surface area contributed by atoms with Crippen molar-refractivity contribution >= 4 is 21.6 Å². The quantitative estimate of drug-likeness (QED) is 0.886. The largest absolute Gasteiger partial charge is 0.393 e. The van der Waals surface area contributed by atoms with Crippen molar-refractivity contribution in [1.29, 1.82) is 0 Å². The minimum absolute atomic E-state index is 0.0891. The minimum atomic E-state index is -0.287. The number of aryl methyl sites for hydroxylation is 1. The van der Waals surface area contributed by atoms with Crippen LogP contribution in [-0.4, -0.2) is 15.2 Å². The van der Waals surface area contributed by atoms with Crippen LogP contribution in [-0.2, 0) is 6.54 Å². The predicted octanol–water partition coefficient (Wildman–Crippen LogP) is 2.22. The van der Waals surface area contributed by atoms with E-state index in [9.17, 15) is 4.79 Å². The van der Waals surface area contributed by atoms with Crippen molar-refractivity contribution in [1.82, 2.24) is 3.96 Å². The molecule has 1 N–H and O–H groups in total. The van der Waals surface area contributed by atoms with Gasteiger partial charge in [-0.15, -0.1) is 0 Å². The molecular formula is C12H15NO2S. The Morgan fingerprint density at radius 3 is 2.88 bits per heavy atom. The van der Waals surface area contributed by atoms with Crippen LogP contribution in [0.5, 0.6) is 0 Å². The first-order valence-corrected chi connectivity index (χ1v) is 6.23. The standard InChI is InChI=1S/C12H15NO2S/c1-9(14)5-4-8-13-12(15)10-6-2-3-7-11(10)16-13/h2-3,6-7,9,14H,4-5,8H2,1H3. The van der Waals surface area contributed by atoms with E-state index in [0.29, 0.717) is 6.54 Å². The molecule has 3 nitrogen and oxygen atoms in total. The zero-order valence-electron chi connectivity index (χ0n) is 9.22. The number of benzene rings is 1. The first-order valence-electron chi connectivity index (χ1n) is 5.45. The fraction of sp³-hybridized carbons (Fsp3) is 0.417. The maximum absolute atomic E-state index is 11.9. The van der Waals surface area contributed by atoms with Gasteiger partial charge < -0.3 is 5.11 Å². The van der Waals surface area contributed by atoms with Crippen molar-refractivity contribution in [3.63, 3.8) is 0 Å². The van der Waals surface area contributed by atoms with Crippen LogP contribution in [0.4, 0.5) is 0 Å². The Hall–Kier alpha value is -1.13. The summed E-state index contributed by atoms with van der Waals surface area (Å²) < 4.78 is 2.80. The first-order chi connectivity index (χ1) is 7.68. The Labute approximate surface area is 98.1 Å². The lowest BCUT2D eigenvalue weighted by Gasteiger charge is -2.02. The molecule has 0 aliphatic rings. The average Bonchev–Trinajstić information content (AvgIpc) is 2.56. The molecule has 86 valence electrons. The molecule has 0 amide bonds. The molecule has 16 heavy (non-hydrogen) atoms. The predicted molar refractivity (Wildman–Crippen MR) is 67.0 cm³/mol. The van der Waals surface area contributed by atoms with E-state index in [0.717, 1.165) is 22.9 Å². The number of aromatic nitrogens is 1. The summed E-state index contributed by atoms with van der Waals surface area (Å²) in [5.41, 5.74) is 0.0891. The third kappa shape index (κ3) is 2.33. The molecule has 1 atom stereocenters. The normalized spacial score (nSPS) is 13.1. The number of rotatable bonds is 4. The second-order valence-electron chi connectivity index (χ2n) is 3.99. The number of aliphatic hydroxyl groups is 1. The monoisotopic (exact) mass is 237 g/mol. The van der Waals surface area contributed by atoms with Gasteiger partial charge in [-0.1, -0.05) is 23.7 Å². The molecule has 2 rings (SSSR count). The molecule has 2 aromatic rings. The van der Waals surface area contributed by atoms with Gasteiger partial charge >= 0.3 is 0 Å². The topological polar surface area (TPSA) is 42.2 Å². The highest BCUT2D eigenvalue weighted by molar-refractivity contribution is 7.13. The van der Waals surface area contributed by atoms with Gasteiger partial charge in [0.25, 0.3) is 5.56 Å². The van der Waals surface area contributed by atoms with Crippen molar-refractivity contribution in [2.45, 2.75) is 32.4 Å². The Bertz CT molecular complexity index is 527. The van der Waals surface area contributed by atoms with Crippen LogP contribution in [0.3, 0.4) is 0 Å². The zero-order chi connectivity index (χ0) is 11.5. The summed E-state index contributed by atoms with van der Waals surface area (Å²) in [4.78, 5) is 11.9. The van der Waals surface area contributed by atoms with Gasteiger partial charge in [0, 0.05) is 6.54 Å². The van der Waals surface area contributed by atoms with Gasteiger partial charge in [0.15, 0.2) is 0 Å². The summed E-state index contributed by atoms with van der Waals surface area (Å²) in [7, 11) is 0. The van der Waals surface area contributed by atoms with Gasteiger partial charge in [0.05, 0.1) is 16.2 Å². The fourth-order valence-electron chi connectivity index (χ4n) is 1.69. The van der Waals surface area contributed by atoms with E-state index in [1.165, 1.54) is 11.5 Å². The molecule has 0 spiro atoms. The Morgan fingerprint density at radius 2 is 2.19 bits per heavy atom.